The van der Waals surface area contributed by atoms with Gasteiger partial charge in [0.2, 0.25) is 0 Å². The summed E-state index contributed by atoms with van der Waals surface area (Å²) in [7, 11) is 1.91. The summed E-state index contributed by atoms with van der Waals surface area (Å²) in [5, 5.41) is 3.76. The molecule has 0 saturated heterocycles. The second-order valence-corrected chi connectivity index (χ2v) is 5.11. The zero-order chi connectivity index (χ0) is 14.4. The van der Waals surface area contributed by atoms with Crippen molar-refractivity contribution in [3.8, 4) is 0 Å². The monoisotopic (exact) mass is 287 g/mol. The van der Waals surface area contributed by atoms with E-state index in [2.05, 4.69) is 5.32 Å². The second-order valence-electron chi connectivity index (χ2n) is 4.70. The first kappa shape index (κ1) is 14.8. The first-order valence-corrected chi connectivity index (χ1v) is 7.09. The topological polar surface area (TPSA) is 29.1 Å². The minimum absolute atomic E-state index is 0.116. The standard InChI is InChI=1S/C17H18ClNO/c1-19-11-10-13-6-2-4-8-15(13)17(20)12-14-7-3-5-9-16(14)18/h2-9,19H,10-12H2,1H3. The Balaban J connectivity index is 2.19. The number of nitrogens with one attached hydrogen (secondary N) is 1. The van der Waals surface area contributed by atoms with E-state index >= 15 is 0 Å². The highest BCUT2D eigenvalue weighted by atomic mass is 35.5. The molecule has 3 heteroatoms. The van der Waals surface area contributed by atoms with Crippen molar-refractivity contribution in [3.05, 3.63) is 70.2 Å². The molecule has 0 atom stereocenters. The van der Waals surface area contributed by atoms with Gasteiger partial charge in [-0.25, -0.2) is 0 Å². The number of benzene rings is 2. The third kappa shape index (κ3) is 3.69. The molecule has 0 heterocycles. The summed E-state index contributed by atoms with van der Waals surface area (Å²) < 4.78 is 0. The number of rotatable bonds is 6. The van der Waals surface area contributed by atoms with E-state index in [1.165, 1.54) is 0 Å². The predicted molar refractivity (Wildman–Crippen MR) is 83.6 cm³/mol. The Morgan fingerprint density at radius 2 is 1.70 bits per heavy atom. The molecule has 0 saturated carbocycles. The van der Waals surface area contributed by atoms with Crippen LogP contribution in [-0.4, -0.2) is 19.4 Å². The predicted octanol–water partition coefficient (Wildman–Crippen LogP) is 3.53. The van der Waals surface area contributed by atoms with E-state index in [1.54, 1.807) is 0 Å². The van der Waals surface area contributed by atoms with Crippen LogP contribution in [0.1, 0.15) is 21.5 Å². The molecule has 2 aromatic carbocycles. The van der Waals surface area contributed by atoms with Gasteiger partial charge in [-0.1, -0.05) is 54.1 Å². The Bertz CT molecular complexity index is 595. The lowest BCUT2D eigenvalue weighted by Gasteiger charge is -2.09. The third-order valence-corrected chi connectivity index (χ3v) is 3.64. The molecule has 0 fully saturated rings. The Morgan fingerprint density at radius 1 is 1.05 bits per heavy atom. The fraction of sp³-hybridized carbons (Fsp3) is 0.235. The Labute approximate surface area is 124 Å². The zero-order valence-electron chi connectivity index (χ0n) is 11.5. The number of hydrogen-bond acceptors (Lipinski definition) is 2. The molecule has 0 aromatic heterocycles. The smallest absolute Gasteiger partial charge is 0.167 e. The maximum atomic E-state index is 12.5. The number of halogens is 1. The molecule has 2 aromatic rings. The van der Waals surface area contributed by atoms with Crippen molar-refractivity contribution in [1.29, 1.82) is 0 Å². The average Bonchev–Trinajstić information content (AvgIpc) is 2.47. The van der Waals surface area contributed by atoms with E-state index in [0.717, 1.165) is 29.7 Å². The molecule has 0 aliphatic rings. The van der Waals surface area contributed by atoms with Crippen molar-refractivity contribution in [2.75, 3.05) is 13.6 Å². The highest BCUT2D eigenvalue weighted by molar-refractivity contribution is 6.31. The summed E-state index contributed by atoms with van der Waals surface area (Å²) in [5.74, 6) is 0.116. The Morgan fingerprint density at radius 3 is 2.40 bits per heavy atom. The minimum atomic E-state index is 0.116. The van der Waals surface area contributed by atoms with Gasteiger partial charge in [0, 0.05) is 17.0 Å². The number of Topliss-reactive ketones (excluding diaryl/α,β-unsaturated/α-hetero) is 1. The number of ketones is 1. The molecule has 2 nitrogen and oxygen atoms in total. The van der Waals surface area contributed by atoms with Crippen LogP contribution in [0.15, 0.2) is 48.5 Å². The summed E-state index contributed by atoms with van der Waals surface area (Å²) in [4.78, 5) is 12.5. The highest BCUT2D eigenvalue weighted by Gasteiger charge is 2.12. The fourth-order valence-corrected chi connectivity index (χ4v) is 2.38. The van der Waals surface area contributed by atoms with Crippen LogP contribution in [0.2, 0.25) is 5.02 Å². The molecule has 20 heavy (non-hydrogen) atoms. The van der Waals surface area contributed by atoms with Gasteiger partial charge in [-0.3, -0.25) is 4.79 Å². The number of hydrogen-bond donors (Lipinski definition) is 1. The lowest BCUT2D eigenvalue weighted by molar-refractivity contribution is 0.0992. The van der Waals surface area contributed by atoms with Crippen molar-refractivity contribution < 1.29 is 4.79 Å². The van der Waals surface area contributed by atoms with Gasteiger partial charge in [-0.2, -0.15) is 0 Å². The van der Waals surface area contributed by atoms with Crippen LogP contribution in [0.3, 0.4) is 0 Å². The van der Waals surface area contributed by atoms with E-state index in [4.69, 9.17) is 11.6 Å². The summed E-state index contributed by atoms with van der Waals surface area (Å²) in [6.07, 6.45) is 1.19. The maximum Gasteiger partial charge on any atom is 0.167 e. The van der Waals surface area contributed by atoms with Crippen LogP contribution in [-0.2, 0) is 12.8 Å². The lowest BCUT2D eigenvalue weighted by atomic mass is 9.97. The van der Waals surface area contributed by atoms with Gasteiger partial charge in [0.15, 0.2) is 5.78 Å². The van der Waals surface area contributed by atoms with Crippen molar-refractivity contribution >= 4 is 17.4 Å². The van der Waals surface area contributed by atoms with Crippen molar-refractivity contribution in [2.45, 2.75) is 12.8 Å². The van der Waals surface area contributed by atoms with Crippen molar-refractivity contribution in [2.24, 2.45) is 0 Å². The summed E-state index contributed by atoms with van der Waals surface area (Å²) >= 11 is 6.12. The van der Waals surface area contributed by atoms with E-state index in [0.29, 0.717) is 11.4 Å². The van der Waals surface area contributed by atoms with Crippen LogP contribution in [0.5, 0.6) is 0 Å². The van der Waals surface area contributed by atoms with Gasteiger partial charge in [-0.05, 0) is 37.2 Å². The number of carbonyl (C=O) groups is 1. The van der Waals surface area contributed by atoms with Crippen LogP contribution in [0.25, 0.3) is 0 Å². The molecule has 0 amide bonds. The van der Waals surface area contributed by atoms with Gasteiger partial charge in [0.05, 0.1) is 0 Å². The highest BCUT2D eigenvalue weighted by Crippen LogP contribution is 2.19. The molecule has 0 bridgehead atoms. The number of likely N-dealkylation sites (N-methyl/N-ethyl adjacent to an activating group) is 1. The maximum absolute atomic E-state index is 12.5. The normalized spacial score (nSPS) is 10.5. The molecule has 0 aliphatic carbocycles. The third-order valence-electron chi connectivity index (χ3n) is 3.27. The summed E-state index contributed by atoms with van der Waals surface area (Å²) in [6, 6.07) is 15.3. The van der Waals surface area contributed by atoms with E-state index in [9.17, 15) is 4.79 Å². The lowest BCUT2D eigenvalue weighted by Crippen LogP contribution is -2.14. The van der Waals surface area contributed by atoms with Crippen molar-refractivity contribution in [3.63, 3.8) is 0 Å². The first-order chi connectivity index (χ1) is 9.72. The quantitative estimate of drug-likeness (QED) is 0.824. The largest absolute Gasteiger partial charge is 0.319 e. The summed E-state index contributed by atoms with van der Waals surface area (Å²) in [5.41, 5.74) is 2.75. The fourth-order valence-electron chi connectivity index (χ4n) is 2.18. The SMILES string of the molecule is CNCCc1ccccc1C(=O)Cc1ccccc1Cl. The molecular formula is C17H18ClNO. The summed E-state index contributed by atoms with van der Waals surface area (Å²) in [6.45, 7) is 0.858. The molecule has 0 spiro atoms. The Kier molecular flexibility index (Phi) is 5.33. The molecule has 0 radical (unpaired) electrons. The molecular weight excluding hydrogens is 270 g/mol. The van der Waals surface area contributed by atoms with Gasteiger partial charge < -0.3 is 5.32 Å². The second kappa shape index (κ2) is 7.22. The van der Waals surface area contributed by atoms with Gasteiger partial charge in [0.1, 0.15) is 0 Å². The van der Waals surface area contributed by atoms with E-state index < -0.39 is 0 Å². The van der Waals surface area contributed by atoms with E-state index in [1.807, 2.05) is 55.6 Å². The molecule has 2 rings (SSSR count). The van der Waals surface area contributed by atoms with Crippen LogP contribution in [0, 0.1) is 0 Å². The van der Waals surface area contributed by atoms with Crippen LogP contribution >= 0.6 is 11.6 Å². The van der Waals surface area contributed by atoms with E-state index in [-0.39, 0.29) is 5.78 Å². The molecule has 0 aliphatic heterocycles. The van der Waals surface area contributed by atoms with Crippen LogP contribution in [0.4, 0.5) is 0 Å². The van der Waals surface area contributed by atoms with Crippen LogP contribution < -0.4 is 5.32 Å². The van der Waals surface area contributed by atoms with Gasteiger partial charge >= 0.3 is 0 Å². The molecule has 0 unspecified atom stereocenters. The van der Waals surface area contributed by atoms with Gasteiger partial charge in [-0.15, -0.1) is 0 Å². The van der Waals surface area contributed by atoms with Crippen molar-refractivity contribution in [1.82, 2.24) is 5.32 Å². The first-order valence-electron chi connectivity index (χ1n) is 6.71. The minimum Gasteiger partial charge on any atom is -0.319 e. The zero-order valence-corrected chi connectivity index (χ0v) is 12.3. The Hall–Kier alpha value is -1.64. The molecule has 1 N–H and O–H groups in total. The van der Waals surface area contributed by atoms with Gasteiger partial charge in [0.25, 0.3) is 0 Å². The molecule has 104 valence electrons. The number of carbonyl (C=O) groups excluding carboxylic acids is 1. The average molecular weight is 288 g/mol.